The van der Waals surface area contributed by atoms with Crippen LogP contribution in [0.15, 0.2) is 35.4 Å². The molecule has 4 aliphatic rings. The van der Waals surface area contributed by atoms with Crippen LogP contribution in [0.3, 0.4) is 0 Å². The molecule has 1 aromatic carbocycles. The number of H-pyrrole nitrogens is 1. The number of unbranched alkanes of at least 4 members (excludes halogenated alkanes) is 3. The van der Waals surface area contributed by atoms with Gasteiger partial charge in [-0.25, -0.2) is 0 Å². The van der Waals surface area contributed by atoms with Gasteiger partial charge in [0.05, 0.1) is 67.0 Å². The highest BCUT2D eigenvalue weighted by molar-refractivity contribution is 7.85. The molecular weight excluding hydrogens is 1030 g/mol. The molecular formula is C49H67N11O16S. The molecule has 0 aliphatic carbocycles. The standard InChI is InChI=1S/C49H67N11O16S/c1-4-24(2)41-46(72)52-19-37(65)53-33-23-77(75)48-29(28-10-9-27(16-30(28)56-48)76-14-8-6-5-7-13-59-39(67)11-12-40(59)68)17-31(43(69)51-20-38(66)57-41)54-47(73)42(25(3)35(63)22-61)58-45(71)34-15-26(62)21-60(34)49(74)32(18-36(50)64)55-44(33)70/h9-12,16,24-26,31-35,41-42,56,61-63H,4-8,13-15,17-23H2,1-3H3,(H2,50,64)(H,51,69)(H,52,72)(H,53,65)(H,54,73)(H,55,70)(H,57,66)(H,58,71)/t24?,25?,26?,31-,32-,33-,34-,35?,41-,42-,77-/m1/s1. The summed E-state index contributed by atoms with van der Waals surface area (Å²) in [5, 5.41) is 49.1. The average Bonchev–Trinajstić information content (AvgIpc) is 4.11. The van der Waals surface area contributed by atoms with Gasteiger partial charge in [-0.2, -0.15) is 0 Å². The Labute approximate surface area is 444 Å². The number of primary amides is 1. The van der Waals surface area contributed by atoms with Crippen LogP contribution in [0.5, 0.6) is 5.75 Å². The highest BCUT2D eigenvalue weighted by atomic mass is 32.2. The van der Waals surface area contributed by atoms with Crippen LogP contribution in [0.25, 0.3) is 10.9 Å². The Morgan fingerprint density at radius 1 is 0.818 bits per heavy atom. The van der Waals surface area contributed by atoms with Crippen LogP contribution in [-0.4, -0.2) is 193 Å². The van der Waals surface area contributed by atoms with Crippen LogP contribution < -0.4 is 47.7 Å². The lowest BCUT2D eigenvalue weighted by molar-refractivity contribution is -0.144. The Hall–Kier alpha value is -7.30. The maximum absolute atomic E-state index is 15.0. The molecule has 6 rings (SSSR count). The zero-order valence-electron chi connectivity index (χ0n) is 42.8. The molecule has 2 bridgehead atoms. The number of nitrogens with zero attached hydrogens (tertiary/aromatic N) is 2. The third-order valence-electron chi connectivity index (χ3n) is 14.0. The minimum Gasteiger partial charge on any atom is -0.494 e. The number of fused-ring (bicyclic) bond motifs is 5. The van der Waals surface area contributed by atoms with Gasteiger partial charge in [-0.3, -0.25) is 61.8 Å². The number of hydrogen-bond donors (Lipinski definition) is 12. The highest BCUT2D eigenvalue weighted by Crippen LogP contribution is 2.31. The van der Waals surface area contributed by atoms with Crippen molar-refractivity contribution >= 4 is 86.7 Å². The quantitative estimate of drug-likeness (QED) is 0.0589. The fraction of sp³-hybridized carbons (Fsp3) is 0.571. The fourth-order valence-electron chi connectivity index (χ4n) is 9.35. The molecule has 2 aromatic rings. The molecule has 27 nitrogen and oxygen atoms in total. The normalized spacial score (nSPS) is 26.6. The van der Waals surface area contributed by atoms with E-state index in [2.05, 4.69) is 42.2 Å². The van der Waals surface area contributed by atoms with Crippen molar-refractivity contribution in [3.63, 3.8) is 0 Å². The Bertz CT molecular complexity index is 2660. The Morgan fingerprint density at radius 2 is 1.49 bits per heavy atom. The highest BCUT2D eigenvalue weighted by Gasteiger charge is 2.45. The first-order valence-corrected chi connectivity index (χ1v) is 26.7. The molecule has 0 saturated carbocycles. The van der Waals surface area contributed by atoms with E-state index in [0.717, 1.165) is 9.80 Å². The number of benzene rings is 1. The molecule has 5 heterocycles. The van der Waals surface area contributed by atoms with Crippen LogP contribution in [0.2, 0.25) is 0 Å². The predicted octanol–water partition coefficient (Wildman–Crippen LogP) is -4.76. The van der Waals surface area contributed by atoms with Crippen molar-refractivity contribution in [2.75, 3.05) is 45.1 Å². The number of aliphatic hydroxyl groups excluding tert-OH is 3. The maximum atomic E-state index is 15.0. The molecule has 0 radical (unpaired) electrons. The fourth-order valence-corrected chi connectivity index (χ4v) is 10.7. The summed E-state index contributed by atoms with van der Waals surface area (Å²) in [6.07, 6.45) is 0.499. The summed E-state index contributed by atoms with van der Waals surface area (Å²) in [7, 11) is -2.41. The van der Waals surface area contributed by atoms with Gasteiger partial charge >= 0.3 is 0 Å². The molecule has 77 heavy (non-hydrogen) atoms. The molecule has 1 aromatic heterocycles. The minimum atomic E-state index is -2.41. The Kier molecular flexibility index (Phi) is 20.4. The molecule has 11 atom stereocenters. The zero-order chi connectivity index (χ0) is 56.2. The number of nitrogens with one attached hydrogen (secondary N) is 8. The topological polar surface area (TPSA) is 407 Å². The van der Waals surface area contributed by atoms with E-state index in [4.69, 9.17) is 10.5 Å². The second kappa shape index (κ2) is 26.6. The number of carbonyl (C=O) groups excluding carboxylic acids is 11. The summed E-state index contributed by atoms with van der Waals surface area (Å²) in [4.78, 5) is 154. The minimum absolute atomic E-state index is 0.109. The first kappa shape index (κ1) is 59.0. The molecule has 13 N–H and O–H groups in total. The largest absolute Gasteiger partial charge is 0.494 e. The van der Waals surface area contributed by atoms with Gasteiger partial charge in [0.25, 0.3) is 11.8 Å². The number of rotatable bonds is 15. The lowest BCUT2D eigenvalue weighted by Gasteiger charge is -2.32. The molecule has 1 saturated heterocycles. The second-order valence-corrected chi connectivity index (χ2v) is 21.0. The van der Waals surface area contributed by atoms with Gasteiger partial charge in [0, 0.05) is 55.5 Å². The number of amides is 11. The third-order valence-corrected chi connectivity index (χ3v) is 15.4. The van der Waals surface area contributed by atoms with Crippen LogP contribution in [0.1, 0.15) is 71.3 Å². The Balaban J connectivity index is 1.44. The van der Waals surface area contributed by atoms with Gasteiger partial charge in [-0.05, 0) is 36.5 Å². The van der Waals surface area contributed by atoms with Gasteiger partial charge in [0.1, 0.15) is 47.0 Å². The number of aliphatic hydroxyl groups is 3. The van der Waals surface area contributed by atoms with E-state index in [9.17, 15) is 72.3 Å². The van der Waals surface area contributed by atoms with Crippen LogP contribution in [0, 0.1) is 11.8 Å². The van der Waals surface area contributed by atoms with Crippen molar-refractivity contribution in [1.82, 2.24) is 52.0 Å². The lowest BCUT2D eigenvalue weighted by Crippen LogP contribution is -2.62. The van der Waals surface area contributed by atoms with E-state index in [-0.39, 0.29) is 41.1 Å². The van der Waals surface area contributed by atoms with Crippen molar-refractivity contribution in [3.05, 3.63) is 35.9 Å². The molecule has 420 valence electrons. The summed E-state index contributed by atoms with van der Waals surface area (Å²) in [5.41, 5.74) is 5.93. The number of imide groups is 1. The number of nitrogens with two attached hydrogens (primary N) is 1. The summed E-state index contributed by atoms with van der Waals surface area (Å²) in [6.45, 7) is 2.23. The third kappa shape index (κ3) is 15.0. The molecule has 11 amide bonds. The summed E-state index contributed by atoms with van der Waals surface area (Å²) in [6, 6.07) is -5.33. The number of aromatic nitrogens is 1. The summed E-state index contributed by atoms with van der Waals surface area (Å²) in [5.74, 6) is -12.3. The van der Waals surface area contributed by atoms with Crippen molar-refractivity contribution < 1.29 is 77.0 Å². The van der Waals surface area contributed by atoms with E-state index >= 15 is 0 Å². The van der Waals surface area contributed by atoms with Crippen molar-refractivity contribution in [2.45, 2.75) is 126 Å². The lowest BCUT2D eigenvalue weighted by atomic mass is 9.93. The maximum Gasteiger partial charge on any atom is 0.253 e. The van der Waals surface area contributed by atoms with Gasteiger partial charge in [-0.15, -0.1) is 0 Å². The van der Waals surface area contributed by atoms with Gasteiger partial charge in [0.15, 0.2) is 0 Å². The number of hydrogen-bond acceptors (Lipinski definition) is 16. The van der Waals surface area contributed by atoms with Gasteiger partial charge in [-0.1, -0.05) is 40.0 Å². The zero-order valence-corrected chi connectivity index (χ0v) is 43.6. The molecule has 1 fully saturated rings. The average molecular weight is 1100 g/mol. The molecule has 4 aliphatic heterocycles. The van der Waals surface area contributed by atoms with Gasteiger partial charge < -0.3 is 72.9 Å². The predicted molar refractivity (Wildman–Crippen MR) is 270 cm³/mol. The van der Waals surface area contributed by atoms with Crippen LogP contribution in [-0.2, 0) is 70.0 Å². The number of ether oxygens (including phenoxy) is 1. The summed E-state index contributed by atoms with van der Waals surface area (Å²) < 4.78 is 21.0. The van der Waals surface area contributed by atoms with E-state index < -0.39 is 176 Å². The van der Waals surface area contributed by atoms with Crippen molar-refractivity contribution in [1.29, 1.82) is 0 Å². The van der Waals surface area contributed by atoms with Crippen molar-refractivity contribution in [3.8, 4) is 5.75 Å². The molecule has 4 unspecified atom stereocenters. The Morgan fingerprint density at radius 3 is 2.17 bits per heavy atom. The first-order chi connectivity index (χ1) is 36.6. The molecule has 0 spiro atoms. The number of aromatic amines is 1. The van der Waals surface area contributed by atoms with Crippen molar-refractivity contribution in [2.24, 2.45) is 17.6 Å². The first-order valence-electron chi connectivity index (χ1n) is 25.4. The van der Waals surface area contributed by atoms with E-state index in [1.165, 1.54) is 19.1 Å². The van der Waals surface area contributed by atoms with E-state index in [0.29, 0.717) is 43.2 Å². The van der Waals surface area contributed by atoms with Crippen LogP contribution >= 0.6 is 0 Å². The van der Waals surface area contributed by atoms with E-state index in [1.54, 1.807) is 32.0 Å². The second-order valence-electron chi connectivity index (χ2n) is 19.6. The van der Waals surface area contributed by atoms with E-state index in [1.807, 2.05) is 0 Å². The number of carbonyl (C=O) groups is 11. The molecule has 28 heteroatoms. The van der Waals surface area contributed by atoms with Gasteiger partial charge in [0.2, 0.25) is 53.2 Å². The monoisotopic (exact) mass is 1100 g/mol. The SMILES string of the molecule is CCC(C)[C@H]1NC(=O)CNC(=O)[C@H]2Cc3c([nH]c4cc(OCCCCCCN5C(=O)C=CC5=O)ccc34)[S@](=O)C[C@@H](NC(=O)CNC1=O)C(=O)N[C@H](CC(N)=O)C(=O)N1CC(O)C[C@@H]1C(=O)N[C@H](C(C)C(O)CO)C(=O)N2. The summed E-state index contributed by atoms with van der Waals surface area (Å²) >= 11 is 0. The smallest absolute Gasteiger partial charge is 0.253 e. The van der Waals surface area contributed by atoms with Crippen LogP contribution in [0.4, 0.5) is 0 Å².